The highest BCUT2D eigenvalue weighted by Crippen LogP contribution is 2.22. The normalized spacial score (nSPS) is 10.6. The van der Waals surface area contributed by atoms with Gasteiger partial charge in [-0.15, -0.1) is 0 Å². The number of nitro groups is 1. The van der Waals surface area contributed by atoms with Crippen LogP contribution in [0.3, 0.4) is 0 Å². The number of benzene rings is 3. The van der Waals surface area contributed by atoms with Crippen molar-refractivity contribution in [1.82, 2.24) is 0 Å². The topological polar surface area (TPSA) is 69.4 Å². The average Bonchev–Trinajstić information content (AvgIpc) is 2.68. The summed E-state index contributed by atoms with van der Waals surface area (Å²) in [7, 11) is 0. The number of ether oxygens (including phenoxy) is 1. The maximum Gasteiger partial charge on any atom is 0.336 e. The van der Waals surface area contributed by atoms with Crippen molar-refractivity contribution < 1.29 is 14.5 Å². The highest BCUT2D eigenvalue weighted by molar-refractivity contribution is 5.88. The fraction of sp³-hybridized carbons (Fsp3) is 0. The Hall–Kier alpha value is -3.73. The van der Waals surface area contributed by atoms with Gasteiger partial charge in [-0.05, 0) is 47.0 Å². The number of carbonyl (C=O) groups is 1. The summed E-state index contributed by atoms with van der Waals surface area (Å²) in [5.74, 6) is -0.0705. The number of esters is 1. The van der Waals surface area contributed by atoms with Gasteiger partial charge in [-0.25, -0.2) is 4.79 Å². The molecule has 5 nitrogen and oxygen atoms in total. The van der Waals surface area contributed by atoms with Gasteiger partial charge in [-0.1, -0.05) is 42.5 Å². The lowest BCUT2D eigenvalue weighted by atomic mass is 10.1. The van der Waals surface area contributed by atoms with E-state index in [-0.39, 0.29) is 5.69 Å². The predicted octanol–water partition coefficient (Wildman–Crippen LogP) is 4.88. The smallest absolute Gasteiger partial charge is 0.336 e. The summed E-state index contributed by atoms with van der Waals surface area (Å²) in [6.45, 7) is 0. The third-order valence-electron chi connectivity index (χ3n) is 3.70. The van der Waals surface area contributed by atoms with E-state index in [1.54, 1.807) is 30.3 Å². The van der Waals surface area contributed by atoms with Crippen molar-refractivity contribution in [3.63, 3.8) is 0 Å². The van der Waals surface area contributed by atoms with Gasteiger partial charge in [-0.3, -0.25) is 10.1 Å². The maximum atomic E-state index is 11.9. The molecule has 3 aromatic carbocycles. The first-order valence-electron chi connectivity index (χ1n) is 7.92. The largest absolute Gasteiger partial charge is 0.423 e. The monoisotopic (exact) mass is 345 g/mol. The van der Waals surface area contributed by atoms with Crippen LogP contribution in [-0.4, -0.2) is 10.9 Å². The van der Waals surface area contributed by atoms with Crippen LogP contribution in [0.15, 0.2) is 84.9 Å². The number of carbonyl (C=O) groups excluding carboxylic acids is 1. The number of hydrogen-bond acceptors (Lipinski definition) is 4. The molecule has 0 N–H and O–H groups in total. The van der Waals surface area contributed by atoms with Crippen LogP contribution in [0.4, 0.5) is 5.69 Å². The number of non-ortho nitro benzene ring substituents is 1. The average molecular weight is 345 g/mol. The van der Waals surface area contributed by atoms with Crippen LogP contribution in [0, 0.1) is 10.1 Å². The summed E-state index contributed by atoms with van der Waals surface area (Å²) >= 11 is 0. The molecule has 3 rings (SSSR count). The fourth-order valence-electron chi connectivity index (χ4n) is 2.37. The first-order valence-corrected chi connectivity index (χ1v) is 7.92. The maximum absolute atomic E-state index is 11.9. The van der Waals surface area contributed by atoms with Gasteiger partial charge in [0, 0.05) is 18.2 Å². The standard InChI is InChI=1S/C21H15NO4/c23-21(15-8-16-6-11-19(12-7-16)22(24)25)26-20-13-9-18(10-14-20)17-4-2-1-3-5-17/h1-15H. The third-order valence-corrected chi connectivity index (χ3v) is 3.70. The summed E-state index contributed by atoms with van der Waals surface area (Å²) in [6, 6.07) is 23.0. The SMILES string of the molecule is O=C(C=Cc1ccc([N+](=O)[O-])cc1)Oc1ccc(-c2ccccc2)cc1. The molecule has 0 saturated heterocycles. The van der Waals surface area contributed by atoms with Crippen molar-refractivity contribution in [2.75, 3.05) is 0 Å². The Morgan fingerprint density at radius 1 is 0.846 bits per heavy atom. The predicted molar refractivity (Wildman–Crippen MR) is 99.6 cm³/mol. The fourth-order valence-corrected chi connectivity index (χ4v) is 2.37. The number of hydrogen-bond donors (Lipinski definition) is 0. The van der Waals surface area contributed by atoms with Crippen LogP contribution in [0.2, 0.25) is 0 Å². The van der Waals surface area contributed by atoms with Gasteiger partial charge in [0.25, 0.3) is 5.69 Å². The molecule has 0 unspecified atom stereocenters. The van der Waals surface area contributed by atoms with Gasteiger partial charge in [0.1, 0.15) is 5.75 Å². The molecule has 26 heavy (non-hydrogen) atoms. The minimum atomic E-state index is -0.518. The number of nitrogens with zero attached hydrogens (tertiary/aromatic N) is 1. The highest BCUT2D eigenvalue weighted by Gasteiger charge is 2.04. The molecule has 0 atom stereocenters. The van der Waals surface area contributed by atoms with E-state index in [9.17, 15) is 14.9 Å². The second-order valence-electron chi connectivity index (χ2n) is 5.49. The molecule has 0 fully saturated rings. The van der Waals surface area contributed by atoms with Crippen LogP contribution in [0.5, 0.6) is 5.75 Å². The Kier molecular flexibility index (Phi) is 5.19. The Bertz CT molecular complexity index is 930. The molecule has 0 aromatic heterocycles. The lowest BCUT2D eigenvalue weighted by Crippen LogP contribution is -2.03. The molecular formula is C21H15NO4. The van der Waals surface area contributed by atoms with Crippen molar-refractivity contribution >= 4 is 17.7 Å². The molecular weight excluding hydrogens is 330 g/mol. The van der Waals surface area contributed by atoms with E-state index in [4.69, 9.17) is 4.74 Å². The van der Waals surface area contributed by atoms with Crippen molar-refractivity contribution in [3.05, 3.63) is 101 Å². The Labute approximate surface area is 150 Å². The van der Waals surface area contributed by atoms with Gasteiger partial charge in [0.15, 0.2) is 0 Å². The molecule has 5 heteroatoms. The number of nitro benzene ring substituents is 1. The Morgan fingerprint density at radius 2 is 1.46 bits per heavy atom. The minimum absolute atomic E-state index is 0.00299. The second-order valence-corrected chi connectivity index (χ2v) is 5.49. The van der Waals surface area contributed by atoms with E-state index in [0.29, 0.717) is 11.3 Å². The van der Waals surface area contributed by atoms with Crippen molar-refractivity contribution in [2.45, 2.75) is 0 Å². The zero-order chi connectivity index (χ0) is 18.4. The van der Waals surface area contributed by atoms with E-state index < -0.39 is 10.9 Å². The Morgan fingerprint density at radius 3 is 2.08 bits per heavy atom. The molecule has 128 valence electrons. The van der Waals surface area contributed by atoms with E-state index in [1.165, 1.54) is 18.2 Å². The van der Waals surface area contributed by atoms with Crippen LogP contribution in [0.1, 0.15) is 5.56 Å². The summed E-state index contributed by atoms with van der Waals surface area (Å²) in [5.41, 5.74) is 2.80. The summed E-state index contributed by atoms with van der Waals surface area (Å²) in [6.07, 6.45) is 2.83. The first-order chi connectivity index (χ1) is 12.6. The molecule has 0 spiro atoms. The molecule has 0 aliphatic rings. The van der Waals surface area contributed by atoms with Crippen LogP contribution in [-0.2, 0) is 4.79 Å². The molecule has 0 aliphatic carbocycles. The van der Waals surface area contributed by atoms with E-state index >= 15 is 0 Å². The van der Waals surface area contributed by atoms with Gasteiger partial charge < -0.3 is 4.74 Å². The zero-order valence-corrected chi connectivity index (χ0v) is 13.7. The van der Waals surface area contributed by atoms with Crippen LogP contribution < -0.4 is 4.74 Å². The van der Waals surface area contributed by atoms with Crippen LogP contribution in [0.25, 0.3) is 17.2 Å². The molecule has 0 amide bonds. The summed E-state index contributed by atoms with van der Waals surface area (Å²) < 4.78 is 5.25. The highest BCUT2D eigenvalue weighted by atomic mass is 16.6. The summed E-state index contributed by atoms with van der Waals surface area (Å²) in [4.78, 5) is 22.0. The zero-order valence-electron chi connectivity index (χ0n) is 13.7. The van der Waals surface area contributed by atoms with Gasteiger partial charge in [0.05, 0.1) is 4.92 Å². The van der Waals surface area contributed by atoms with E-state index in [0.717, 1.165) is 11.1 Å². The van der Waals surface area contributed by atoms with Gasteiger partial charge >= 0.3 is 5.97 Å². The first kappa shape index (κ1) is 17.1. The molecule has 0 heterocycles. The molecule has 0 bridgehead atoms. The van der Waals surface area contributed by atoms with Gasteiger partial charge in [-0.2, -0.15) is 0 Å². The van der Waals surface area contributed by atoms with Gasteiger partial charge in [0.2, 0.25) is 0 Å². The third kappa shape index (κ3) is 4.42. The van der Waals surface area contributed by atoms with E-state index in [1.807, 2.05) is 42.5 Å². The molecule has 0 aliphatic heterocycles. The number of rotatable bonds is 5. The molecule has 0 saturated carbocycles. The second kappa shape index (κ2) is 7.90. The lowest BCUT2D eigenvalue weighted by Gasteiger charge is -2.04. The van der Waals surface area contributed by atoms with Crippen molar-refractivity contribution in [3.8, 4) is 16.9 Å². The van der Waals surface area contributed by atoms with Crippen molar-refractivity contribution in [1.29, 1.82) is 0 Å². The molecule has 0 radical (unpaired) electrons. The summed E-state index contributed by atoms with van der Waals surface area (Å²) in [5, 5.41) is 10.6. The van der Waals surface area contributed by atoms with E-state index in [2.05, 4.69) is 0 Å². The molecule has 3 aromatic rings. The van der Waals surface area contributed by atoms with Crippen LogP contribution >= 0.6 is 0 Å². The quantitative estimate of drug-likeness (QED) is 0.217. The lowest BCUT2D eigenvalue weighted by molar-refractivity contribution is -0.384. The Balaban J connectivity index is 1.61. The van der Waals surface area contributed by atoms with Crippen molar-refractivity contribution in [2.24, 2.45) is 0 Å². The minimum Gasteiger partial charge on any atom is -0.423 e.